The van der Waals surface area contributed by atoms with Crippen molar-refractivity contribution in [3.05, 3.63) is 50.4 Å². The molecule has 1 atom stereocenters. The molecular formula is C16H19BrFNOS. The predicted molar refractivity (Wildman–Crippen MR) is 89.7 cm³/mol. The quantitative estimate of drug-likeness (QED) is 0.743. The molecule has 0 saturated carbocycles. The number of halogens is 2. The Bertz CT molecular complexity index is 587. The van der Waals surface area contributed by atoms with E-state index in [1.807, 2.05) is 6.07 Å². The zero-order valence-electron chi connectivity index (χ0n) is 12.2. The van der Waals surface area contributed by atoms with Crippen molar-refractivity contribution in [3.63, 3.8) is 0 Å². The Morgan fingerprint density at radius 2 is 2.19 bits per heavy atom. The van der Waals surface area contributed by atoms with Gasteiger partial charge in [0.15, 0.2) is 11.6 Å². The van der Waals surface area contributed by atoms with Crippen LogP contribution >= 0.6 is 27.3 Å². The van der Waals surface area contributed by atoms with Gasteiger partial charge in [0, 0.05) is 15.4 Å². The maximum absolute atomic E-state index is 13.8. The van der Waals surface area contributed by atoms with E-state index in [1.165, 1.54) is 12.0 Å². The highest BCUT2D eigenvalue weighted by molar-refractivity contribution is 9.10. The van der Waals surface area contributed by atoms with Gasteiger partial charge >= 0.3 is 0 Å². The summed E-state index contributed by atoms with van der Waals surface area (Å²) < 4.78 is 19.9. The second kappa shape index (κ2) is 7.92. The van der Waals surface area contributed by atoms with E-state index < -0.39 is 0 Å². The average molecular weight is 372 g/mol. The summed E-state index contributed by atoms with van der Waals surface area (Å²) in [6, 6.07) is 7.40. The van der Waals surface area contributed by atoms with E-state index in [0.717, 1.165) is 29.4 Å². The van der Waals surface area contributed by atoms with Gasteiger partial charge in [0.25, 0.3) is 0 Å². The molecule has 0 saturated heterocycles. The molecule has 0 fully saturated rings. The van der Waals surface area contributed by atoms with E-state index in [0.29, 0.717) is 0 Å². The zero-order valence-corrected chi connectivity index (χ0v) is 14.6. The van der Waals surface area contributed by atoms with Crippen LogP contribution in [0.4, 0.5) is 4.39 Å². The van der Waals surface area contributed by atoms with Crippen molar-refractivity contribution >= 4 is 27.3 Å². The first kappa shape index (κ1) is 16.5. The van der Waals surface area contributed by atoms with Crippen LogP contribution in [0.3, 0.4) is 0 Å². The van der Waals surface area contributed by atoms with Gasteiger partial charge < -0.3 is 10.1 Å². The van der Waals surface area contributed by atoms with E-state index in [9.17, 15) is 4.39 Å². The maximum Gasteiger partial charge on any atom is 0.165 e. The van der Waals surface area contributed by atoms with Crippen LogP contribution in [0.2, 0.25) is 0 Å². The van der Waals surface area contributed by atoms with Crippen LogP contribution in [0.5, 0.6) is 5.75 Å². The molecule has 2 rings (SSSR count). The van der Waals surface area contributed by atoms with Crippen molar-refractivity contribution in [2.45, 2.75) is 25.8 Å². The second-order valence-corrected chi connectivity index (χ2v) is 6.61. The first-order valence-corrected chi connectivity index (χ1v) is 8.61. The van der Waals surface area contributed by atoms with E-state index in [-0.39, 0.29) is 17.6 Å². The number of hydrogen-bond acceptors (Lipinski definition) is 3. The first-order chi connectivity index (χ1) is 10.2. The fourth-order valence-corrected chi connectivity index (χ4v) is 3.93. The summed E-state index contributed by atoms with van der Waals surface area (Å²) in [5.41, 5.74) is 0.960. The molecule has 0 aliphatic carbocycles. The Morgan fingerprint density at radius 3 is 2.76 bits per heavy atom. The minimum Gasteiger partial charge on any atom is -0.494 e. The second-order valence-electron chi connectivity index (χ2n) is 4.81. The summed E-state index contributed by atoms with van der Waals surface area (Å²) in [6.07, 6.45) is 1.82. The van der Waals surface area contributed by atoms with Crippen LogP contribution in [-0.4, -0.2) is 13.7 Å². The molecule has 1 aromatic heterocycles. The minimum absolute atomic E-state index is 0.187. The minimum atomic E-state index is -0.311. The van der Waals surface area contributed by atoms with Crippen LogP contribution in [0, 0.1) is 5.82 Å². The van der Waals surface area contributed by atoms with Gasteiger partial charge in [-0.2, -0.15) is 0 Å². The number of rotatable bonds is 7. The van der Waals surface area contributed by atoms with Gasteiger partial charge in [-0.05, 0) is 64.5 Å². The van der Waals surface area contributed by atoms with Crippen LogP contribution in [0.15, 0.2) is 34.1 Å². The molecular weight excluding hydrogens is 353 g/mol. The molecule has 0 aliphatic heterocycles. The topological polar surface area (TPSA) is 21.3 Å². The van der Waals surface area contributed by atoms with Gasteiger partial charge in [-0.15, -0.1) is 11.3 Å². The lowest BCUT2D eigenvalue weighted by Crippen LogP contribution is -2.23. The number of nitrogens with one attached hydrogen (secondary N) is 1. The summed E-state index contributed by atoms with van der Waals surface area (Å²) in [5, 5.41) is 5.60. The van der Waals surface area contributed by atoms with Gasteiger partial charge in [0.2, 0.25) is 0 Å². The van der Waals surface area contributed by atoms with Gasteiger partial charge in [0.05, 0.1) is 7.11 Å². The van der Waals surface area contributed by atoms with Crippen LogP contribution in [0.1, 0.15) is 29.8 Å². The molecule has 114 valence electrons. The molecule has 2 aromatic rings. The number of benzene rings is 1. The van der Waals surface area contributed by atoms with Crippen molar-refractivity contribution in [2.75, 3.05) is 13.7 Å². The Hall–Kier alpha value is -0.910. The molecule has 0 spiro atoms. The monoisotopic (exact) mass is 371 g/mol. The third kappa shape index (κ3) is 4.28. The molecule has 1 N–H and O–H groups in total. The van der Waals surface area contributed by atoms with Crippen molar-refractivity contribution in [1.29, 1.82) is 0 Å². The number of methoxy groups -OCH3 is 1. The van der Waals surface area contributed by atoms with E-state index in [4.69, 9.17) is 4.74 Å². The zero-order chi connectivity index (χ0) is 15.2. The normalized spacial score (nSPS) is 12.4. The number of hydrogen-bond donors (Lipinski definition) is 1. The van der Waals surface area contributed by atoms with Crippen molar-refractivity contribution in [3.8, 4) is 5.75 Å². The number of ether oxygens (including phenoxy) is 1. The van der Waals surface area contributed by atoms with Crippen molar-refractivity contribution < 1.29 is 9.13 Å². The Kier molecular flexibility index (Phi) is 6.21. The van der Waals surface area contributed by atoms with Crippen LogP contribution in [-0.2, 0) is 6.42 Å². The van der Waals surface area contributed by atoms with Crippen molar-refractivity contribution in [1.82, 2.24) is 5.32 Å². The Balaban J connectivity index is 2.18. The summed E-state index contributed by atoms with van der Waals surface area (Å²) in [5.74, 6) is -0.0244. The van der Waals surface area contributed by atoms with Gasteiger partial charge in [-0.25, -0.2) is 4.39 Å². The molecule has 5 heteroatoms. The Labute approximate surface area is 137 Å². The summed E-state index contributed by atoms with van der Waals surface area (Å²) >= 11 is 5.30. The summed E-state index contributed by atoms with van der Waals surface area (Å²) in [4.78, 5) is 1.25. The number of thiophene rings is 1. The molecule has 21 heavy (non-hydrogen) atoms. The van der Waals surface area contributed by atoms with E-state index >= 15 is 0 Å². The maximum atomic E-state index is 13.8. The molecule has 1 heterocycles. The molecule has 1 aromatic carbocycles. The average Bonchev–Trinajstić information content (AvgIpc) is 2.90. The third-order valence-corrected chi connectivity index (χ3v) is 5.24. The smallest absolute Gasteiger partial charge is 0.165 e. The molecule has 0 aliphatic rings. The highest BCUT2D eigenvalue weighted by Crippen LogP contribution is 2.31. The SMILES string of the molecule is CCCNC(Cc1ccc(OC)c(F)c1)c1sccc1Br. The van der Waals surface area contributed by atoms with Crippen LogP contribution < -0.4 is 10.1 Å². The standard InChI is InChI=1S/C16H19BrFNOS/c1-3-7-19-14(16-12(17)6-8-21-16)10-11-4-5-15(20-2)13(18)9-11/h4-6,8-9,14,19H,3,7,10H2,1-2H3. The molecule has 0 bridgehead atoms. The lowest BCUT2D eigenvalue weighted by Gasteiger charge is -2.18. The van der Waals surface area contributed by atoms with E-state index in [2.05, 4.69) is 39.6 Å². The largest absolute Gasteiger partial charge is 0.494 e. The van der Waals surface area contributed by atoms with E-state index in [1.54, 1.807) is 23.5 Å². The predicted octanol–water partition coefficient (Wildman–Crippen LogP) is 4.94. The Morgan fingerprint density at radius 1 is 1.38 bits per heavy atom. The van der Waals surface area contributed by atoms with Crippen molar-refractivity contribution in [2.24, 2.45) is 0 Å². The molecule has 0 amide bonds. The highest BCUT2D eigenvalue weighted by atomic mass is 79.9. The molecule has 0 radical (unpaired) electrons. The van der Waals surface area contributed by atoms with Gasteiger partial charge in [-0.1, -0.05) is 13.0 Å². The molecule has 1 unspecified atom stereocenters. The third-order valence-electron chi connectivity index (χ3n) is 3.26. The fraction of sp³-hybridized carbons (Fsp3) is 0.375. The van der Waals surface area contributed by atoms with Gasteiger partial charge in [-0.3, -0.25) is 0 Å². The molecule has 2 nitrogen and oxygen atoms in total. The highest BCUT2D eigenvalue weighted by Gasteiger charge is 2.17. The fourth-order valence-electron chi connectivity index (χ4n) is 2.20. The summed E-state index contributed by atoms with van der Waals surface area (Å²) in [7, 11) is 1.48. The first-order valence-electron chi connectivity index (χ1n) is 6.94. The van der Waals surface area contributed by atoms with Gasteiger partial charge in [0.1, 0.15) is 0 Å². The lowest BCUT2D eigenvalue weighted by molar-refractivity contribution is 0.386. The van der Waals surface area contributed by atoms with Crippen LogP contribution in [0.25, 0.3) is 0 Å². The lowest BCUT2D eigenvalue weighted by atomic mass is 10.0. The summed E-state index contributed by atoms with van der Waals surface area (Å²) in [6.45, 7) is 3.08.